The molecule has 0 fully saturated rings. The van der Waals surface area contributed by atoms with Crippen LogP contribution in [0.3, 0.4) is 0 Å². The standard InChI is InChI=1S/C15H16F3NO2/c1-11-6-7-12(5-3-4-8-20)13(9-11)14(21)19(2)10-15(16,17)18/h6-7,9,20H,4,8,10H2,1-2H3. The van der Waals surface area contributed by atoms with Crippen molar-refractivity contribution < 1.29 is 23.1 Å². The summed E-state index contributed by atoms with van der Waals surface area (Å²) in [4.78, 5) is 12.8. The van der Waals surface area contributed by atoms with Crippen LogP contribution in [0.2, 0.25) is 0 Å². The molecule has 3 nitrogen and oxygen atoms in total. The number of carbonyl (C=O) groups is 1. The Balaban J connectivity index is 3.08. The summed E-state index contributed by atoms with van der Waals surface area (Å²) in [6.07, 6.45) is -4.21. The molecule has 6 heteroatoms. The van der Waals surface area contributed by atoms with E-state index in [2.05, 4.69) is 11.8 Å². The molecule has 0 aliphatic carbocycles. The normalized spacial score (nSPS) is 10.8. The van der Waals surface area contributed by atoms with Crippen molar-refractivity contribution in [1.29, 1.82) is 0 Å². The summed E-state index contributed by atoms with van der Waals surface area (Å²) in [5.74, 6) is 4.63. The lowest BCUT2D eigenvalue weighted by Crippen LogP contribution is -2.36. The van der Waals surface area contributed by atoms with Crippen molar-refractivity contribution in [3.8, 4) is 11.8 Å². The predicted molar refractivity (Wildman–Crippen MR) is 72.8 cm³/mol. The van der Waals surface area contributed by atoms with Gasteiger partial charge in [-0.05, 0) is 19.1 Å². The van der Waals surface area contributed by atoms with Gasteiger partial charge < -0.3 is 10.0 Å². The van der Waals surface area contributed by atoms with Gasteiger partial charge in [0.05, 0.1) is 12.2 Å². The van der Waals surface area contributed by atoms with Gasteiger partial charge in [-0.3, -0.25) is 4.79 Å². The number of halogens is 3. The number of carbonyl (C=O) groups excluding carboxylic acids is 1. The zero-order valence-corrected chi connectivity index (χ0v) is 11.8. The number of amides is 1. The fourth-order valence-electron chi connectivity index (χ4n) is 1.70. The first kappa shape index (κ1) is 17.1. The summed E-state index contributed by atoms with van der Waals surface area (Å²) < 4.78 is 37.1. The van der Waals surface area contributed by atoms with Crippen molar-refractivity contribution >= 4 is 5.91 Å². The number of aliphatic hydroxyl groups excluding tert-OH is 1. The fourth-order valence-corrected chi connectivity index (χ4v) is 1.70. The first-order valence-electron chi connectivity index (χ1n) is 6.27. The largest absolute Gasteiger partial charge is 0.406 e. The van der Waals surface area contributed by atoms with E-state index < -0.39 is 18.6 Å². The molecule has 0 aliphatic heterocycles. The van der Waals surface area contributed by atoms with E-state index in [1.165, 1.54) is 6.07 Å². The highest BCUT2D eigenvalue weighted by Gasteiger charge is 2.31. The minimum absolute atomic E-state index is 0.115. The Hall–Kier alpha value is -2.00. The Morgan fingerprint density at radius 2 is 2.05 bits per heavy atom. The number of aliphatic hydroxyl groups is 1. The van der Waals surface area contributed by atoms with Crippen LogP contribution in [-0.4, -0.2) is 42.3 Å². The SMILES string of the molecule is Cc1ccc(C#CCCO)c(C(=O)N(C)CC(F)(F)F)c1. The fraction of sp³-hybridized carbons (Fsp3) is 0.400. The molecular formula is C15H16F3NO2. The van der Waals surface area contributed by atoms with Crippen LogP contribution in [0.15, 0.2) is 18.2 Å². The molecule has 0 bridgehead atoms. The Morgan fingerprint density at radius 1 is 1.38 bits per heavy atom. The number of rotatable bonds is 3. The van der Waals surface area contributed by atoms with Crippen LogP contribution in [-0.2, 0) is 0 Å². The van der Waals surface area contributed by atoms with Crippen molar-refractivity contribution in [2.24, 2.45) is 0 Å². The summed E-state index contributed by atoms with van der Waals surface area (Å²) in [7, 11) is 1.10. The van der Waals surface area contributed by atoms with Crippen LogP contribution in [0.25, 0.3) is 0 Å². The molecule has 0 radical (unpaired) electrons. The molecule has 21 heavy (non-hydrogen) atoms. The topological polar surface area (TPSA) is 40.5 Å². The summed E-state index contributed by atoms with van der Waals surface area (Å²) in [6, 6.07) is 4.83. The summed E-state index contributed by atoms with van der Waals surface area (Å²) in [5.41, 5.74) is 1.24. The second-order valence-electron chi connectivity index (χ2n) is 4.60. The van der Waals surface area contributed by atoms with E-state index in [1.807, 2.05) is 0 Å². The zero-order valence-electron chi connectivity index (χ0n) is 11.8. The maximum absolute atomic E-state index is 12.4. The second-order valence-corrected chi connectivity index (χ2v) is 4.60. The molecule has 0 atom stereocenters. The summed E-state index contributed by atoms with van der Waals surface area (Å²) in [5, 5.41) is 8.68. The van der Waals surface area contributed by atoms with Crippen LogP contribution < -0.4 is 0 Å². The minimum atomic E-state index is -4.45. The van der Waals surface area contributed by atoms with Crippen LogP contribution in [0.4, 0.5) is 13.2 Å². The maximum Gasteiger partial charge on any atom is 0.406 e. The summed E-state index contributed by atoms with van der Waals surface area (Å²) in [6.45, 7) is 0.310. The predicted octanol–water partition coefficient (Wildman–Crippen LogP) is 2.36. The molecule has 1 N–H and O–H groups in total. The molecule has 0 unspecified atom stereocenters. The van der Waals surface area contributed by atoms with Crippen molar-refractivity contribution in [2.45, 2.75) is 19.5 Å². The van der Waals surface area contributed by atoms with Gasteiger partial charge in [0, 0.05) is 19.0 Å². The van der Waals surface area contributed by atoms with Gasteiger partial charge in [0.25, 0.3) is 5.91 Å². The lowest BCUT2D eigenvalue weighted by atomic mass is 10.0. The molecule has 1 aromatic rings. The van der Waals surface area contributed by atoms with E-state index in [9.17, 15) is 18.0 Å². The molecule has 0 saturated carbocycles. The first-order valence-corrected chi connectivity index (χ1v) is 6.27. The lowest BCUT2D eigenvalue weighted by Gasteiger charge is -2.19. The maximum atomic E-state index is 12.4. The third-order valence-electron chi connectivity index (χ3n) is 2.63. The van der Waals surface area contributed by atoms with Crippen LogP contribution >= 0.6 is 0 Å². The highest BCUT2D eigenvalue weighted by atomic mass is 19.4. The number of nitrogens with zero attached hydrogens (tertiary/aromatic N) is 1. The average molecular weight is 299 g/mol. The van der Waals surface area contributed by atoms with E-state index in [0.29, 0.717) is 10.5 Å². The zero-order chi connectivity index (χ0) is 16.0. The number of alkyl halides is 3. The number of aryl methyl sites for hydroxylation is 1. The average Bonchev–Trinajstić information content (AvgIpc) is 2.37. The van der Waals surface area contributed by atoms with Crippen molar-refractivity contribution in [2.75, 3.05) is 20.2 Å². The number of hydrogen-bond acceptors (Lipinski definition) is 2. The van der Waals surface area contributed by atoms with Crippen molar-refractivity contribution in [3.05, 3.63) is 34.9 Å². The molecular weight excluding hydrogens is 283 g/mol. The second kappa shape index (κ2) is 7.14. The van der Waals surface area contributed by atoms with Gasteiger partial charge in [0.2, 0.25) is 0 Å². The van der Waals surface area contributed by atoms with Crippen molar-refractivity contribution in [1.82, 2.24) is 4.90 Å². The molecule has 1 rings (SSSR count). The monoisotopic (exact) mass is 299 g/mol. The van der Waals surface area contributed by atoms with Gasteiger partial charge in [-0.2, -0.15) is 13.2 Å². The number of hydrogen-bond donors (Lipinski definition) is 1. The van der Waals surface area contributed by atoms with Crippen LogP contribution in [0, 0.1) is 18.8 Å². The molecule has 0 aliphatic rings. The van der Waals surface area contributed by atoms with Gasteiger partial charge in [0.1, 0.15) is 6.54 Å². The van der Waals surface area contributed by atoms with E-state index in [1.54, 1.807) is 19.1 Å². The highest BCUT2D eigenvalue weighted by Crippen LogP contribution is 2.19. The van der Waals surface area contributed by atoms with Gasteiger partial charge >= 0.3 is 6.18 Å². The molecule has 1 amide bonds. The Bertz CT molecular complexity index is 571. The smallest absolute Gasteiger partial charge is 0.395 e. The van der Waals surface area contributed by atoms with Gasteiger partial charge in [-0.15, -0.1) is 0 Å². The quantitative estimate of drug-likeness (QED) is 0.871. The lowest BCUT2D eigenvalue weighted by molar-refractivity contribution is -0.138. The van der Waals surface area contributed by atoms with Gasteiger partial charge in [-0.1, -0.05) is 23.5 Å². The van der Waals surface area contributed by atoms with Gasteiger partial charge in [0.15, 0.2) is 0 Å². The Kier molecular flexibility index (Phi) is 5.79. The molecule has 0 saturated heterocycles. The molecule has 114 valence electrons. The molecule has 0 spiro atoms. The highest BCUT2D eigenvalue weighted by molar-refractivity contribution is 5.96. The van der Waals surface area contributed by atoms with E-state index >= 15 is 0 Å². The first-order chi connectivity index (χ1) is 9.74. The minimum Gasteiger partial charge on any atom is -0.395 e. The van der Waals surface area contributed by atoms with Crippen LogP contribution in [0.5, 0.6) is 0 Å². The number of benzene rings is 1. The molecule has 0 aromatic heterocycles. The molecule has 0 heterocycles. The third kappa shape index (κ3) is 5.48. The van der Waals surface area contributed by atoms with E-state index in [0.717, 1.165) is 12.6 Å². The third-order valence-corrected chi connectivity index (χ3v) is 2.63. The van der Waals surface area contributed by atoms with E-state index in [-0.39, 0.29) is 18.6 Å². The summed E-state index contributed by atoms with van der Waals surface area (Å²) >= 11 is 0. The van der Waals surface area contributed by atoms with E-state index in [4.69, 9.17) is 5.11 Å². The van der Waals surface area contributed by atoms with Gasteiger partial charge in [-0.25, -0.2) is 0 Å². The Labute approximate surface area is 121 Å². The molecule has 1 aromatic carbocycles. The van der Waals surface area contributed by atoms with Crippen molar-refractivity contribution in [3.63, 3.8) is 0 Å². The van der Waals surface area contributed by atoms with Crippen LogP contribution in [0.1, 0.15) is 27.9 Å². The Morgan fingerprint density at radius 3 is 2.62 bits per heavy atom.